The monoisotopic (exact) mass is 282 g/mol. The van der Waals surface area contributed by atoms with Crippen LogP contribution in [0.25, 0.3) is 0 Å². The Morgan fingerprint density at radius 3 is 2.75 bits per heavy atom. The van der Waals surface area contributed by atoms with Gasteiger partial charge in [-0.2, -0.15) is 0 Å². The first-order chi connectivity index (χ1) is 7.71. The molecule has 1 spiro atoms. The first-order valence-corrected chi connectivity index (χ1v) is 6.12. The minimum atomic E-state index is -0.425. The third-order valence-corrected chi connectivity index (χ3v) is 3.77. The Bertz CT molecular complexity index is 450. The van der Waals surface area contributed by atoms with Gasteiger partial charge < -0.3 is 9.47 Å². The fourth-order valence-corrected chi connectivity index (χ4v) is 2.80. The van der Waals surface area contributed by atoms with Crippen molar-refractivity contribution in [2.45, 2.75) is 18.4 Å². The summed E-state index contributed by atoms with van der Waals surface area (Å²) in [5.74, 6) is -0.210. The highest BCUT2D eigenvalue weighted by molar-refractivity contribution is 9.10. The van der Waals surface area contributed by atoms with E-state index in [0.29, 0.717) is 18.8 Å². The quantitative estimate of drug-likeness (QED) is 0.687. The lowest BCUT2D eigenvalue weighted by Crippen LogP contribution is -2.33. The molecule has 2 heterocycles. The van der Waals surface area contributed by atoms with Crippen LogP contribution >= 0.6 is 15.9 Å². The Kier molecular flexibility index (Phi) is 2.30. The van der Waals surface area contributed by atoms with E-state index < -0.39 is 5.60 Å². The second kappa shape index (κ2) is 3.57. The molecule has 3 rings (SSSR count). The van der Waals surface area contributed by atoms with E-state index in [0.717, 1.165) is 22.9 Å². The Labute approximate surface area is 102 Å². The van der Waals surface area contributed by atoms with Crippen molar-refractivity contribution in [3.63, 3.8) is 0 Å². The van der Waals surface area contributed by atoms with Crippen LogP contribution in [0, 0.1) is 0 Å². The Morgan fingerprint density at radius 1 is 1.25 bits per heavy atom. The van der Waals surface area contributed by atoms with Gasteiger partial charge in [0.25, 0.3) is 0 Å². The molecule has 0 radical (unpaired) electrons. The number of esters is 1. The topological polar surface area (TPSA) is 35.5 Å². The fourth-order valence-electron chi connectivity index (χ4n) is 2.44. The van der Waals surface area contributed by atoms with Crippen molar-refractivity contribution in [1.29, 1.82) is 0 Å². The van der Waals surface area contributed by atoms with Crippen LogP contribution in [0.4, 0.5) is 0 Å². The summed E-state index contributed by atoms with van der Waals surface area (Å²) in [6, 6.07) is 5.77. The predicted octanol–water partition coefficient (Wildman–Crippen LogP) is 2.63. The third kappa shape index (κ3) is 1.40. The molecule has 0 bridgehead atoms. The number of carbonyl (C=O) groups is 1. The highest BCUT2D eigenvalue weighted by Gasteiger charge is 2.46. The summed E-state index contributed by atoms with van der Waals surface area (Å²) in [5, 5.41) is 0. The van der Waals surface area contributed by atoms with Crippen molar-refractivity contribution in [3.05, 3.63) is 33.8 Å². The van der Waals surface area contributed by atoms with E-state index in [1.165, 1.54) is 0 Å². The van der Waals surface area contributed by atoms with E-state index in [1.807, 2.05) is 18.2 Å². The Balaban J connectivity index is 2.11. The highest BCUT2D eigenvalue weighted by atomic mass is 79.9. The minimum Gasteiger partial charge on any atom is -0.450 e. The first-order valence-electron chi connectivity index (χ1n) is 5.32. The number of carbonyl (C=O) groups excluding carboxylic acids is 1. The third-order valence-electron chi connectivity index (χ3n) is 3.28. The maximum atomic E-state index is 11.8. The number of fused-ring (bicyclic) bond motifs is 2. The Morgan fingerprint density at radius 2 is 2.00 bits per heavy atom. The lowest BCUT2D eigenvalue weighted by atomic mass is 9.86. The molecule has 0 saturated carbocycles. The molecular weight excluding hydrogens is 272 g/mol. The average Bonchev–Trinajstić information content (AvgIpc) is 2.53. The molecule has 1 aromatic carbocycles. The van der Waals surface area contributed by atoms with Gasteiger partial charge in [-0.25, -0.2) is 4.79 Å². The zero-order valence-corrected chi connectivity index (χ0v) is 10.2. The van der Waals surface area contributed by atoms with Crippen molar-refractivity contribution in [2.24, 2.45) is 0 Å². The van der Waals surface area contributed by atoms with Gasteiger partial charge >= 0.3 is 5.97 Å². The van der Waals surface area contributed by atoms with Gasteiger partial charge in [-0.05, 0) is 12.1 Å². The van der Waals surface area contributed by atoms with Crippen LogP contribution in [0.15, 0.2) is 22.7 Å². The second-order valence-electron chi connectivity index (χ2n) is 4.19. The van der Waals surface area contributed by atoms with Crippen molar-refractivity contribution >= 4 is 21.9 Å². The molecule has 84 valence electrons. The standard InChI is InChI=1S/C12H11BrO3/c13-8-1-2-10-9(7-8)11(14)16-12(10)3-5-15-6-4-12/h1-2,7H,3-6H2. The SMILES string of the molecule is O=C1OC2(CCOCC2)c2ccc(Br)cc21. The zero-order chi connectivity index (χ0) is 11.2. The summed E-state index contributed by atoms with van der Waals surface area (Å²) in [4.78, 5) is 11.8. The van der Waals surface area contributed by atoms with Gasteiger partial charge in [0.1, 0.15) is 5.60 Å². The summed E-state index contributed by atoms with van der Waals surface area (Å²) in [7, 11) is 0. The average molecular weight is 283 g/mol. The molecule has 0 aliphatic carbocycles. The van der Waals surface area contributed by atoms with Gasteiger partial charge in [0.2, 0.25) is 0 Å². The van der Waals surface area contributed by atoms with Crippen LogP contribution in [-0.2, 0) is 15.1 Å². The molecule has 4 heteroatoms. The van der Waals surface area contributed by atoms with Crippen LogP contribution in [0.1, 0.15) is 28.8 Å². The fraction of sp³-hybridized carbons (Fsp3) is 0.417. The maximum Gasteiger partial charge on any atom is 0.339 e. The number of benzene rings is 1. The lowest BCUT2D eigenvalue weighted by Gasteiger charge is -2.32. The summed E-state index contributed by atoms with van der Waals surface area (Å²) in [6.07, 6.45) is 1.51. The molecule has 0 N–H and O–H groups in total. The van der Waals surface area contributed by atoms with E-state index in [-0.39, 0.29) is 5.97 Å². The van der Waals surface area contributed by atoms with E-state index in [1.54, 1.807) is 0 Å². The number of hydrogen-bond donors (Lipinski definition) is 0. The number of halogens is 1. The van der Waals surface area contributed by atoms with Gasteiger partial charge in [0, 0.05) is 22.9 Å². The van der Waals surface area contributed by atoms with Crippen LogP contribution in [0.3, 0.4) is 0 Å². The van der Waals surface area contributed by atoms with E-state index >= 15 is 0 Å². The molecular formula is C12H11BrO3. The molecule has 1 aromatic rings. The van der Waals surface area contributed by atoms with Gasteiger partial charge in [0.05, 0.1) is 18.8 Å². The number of rotatable bonds is 0. The van der Waals surface area contributed by atoms with Gasteiger partial charge in [-0.1, -0.05) is 22.0 Å². The molecule has 0 aromatic heterocycles. The molecule has 1 fully saturated rings. The largest absolute Gasteiger partial charge is 0.450 e. The minimum absolute atomic E-state index is 0.210. The lowest BCUT2D eigenvalue weighted by molar-refractivity contribution is -0.0735. The number of ether oxygens (including phenoxy) is 2. The molecule has 0 atom stereocenters. The highest BCUT2D eigenvalue weighted by Crippen LogP contribution is 2.44. The first kappa shape index (κ1) is 10.3. The molecule has 0 unspecified atom stereocenters. The van der Waals surface area contributed by atoms with Crippen LogP contribution in [-0.4, -0.2) is 19.2 Å². The van der Waals surface area contributed by atoms with Crippen molar-refractivity contribution in [1.82, 2.24) is 0 Å². The zero-order valence-electron chi connectivity index (χ0n) is 8.66. The molecule has 16 heavy (non-hydrogen) atoms. The van der Waals surface area contributed by atoms with Gasteiger partial charge in [-0.3, -0.25) is 0 Å². The van der Waals surface area contributed by atoms with Gasteiger partial charge in [-0.15, -0.1) is 0 Å². The van der Waals surface area contributed by atoms with Crippen LogP contribution in [0.5, 0.6) is 0 Å². The molecule has 2 aliphatic rings. The van der Waals surface area contributed by atoms with Crippen molar-refractivity contribution in [3.8, 4) is 0 Å². The second-order valence-corrected chi connectivity index (χ2v) is 5.10. The molecule has 3 nitrogen and oxygen atoms in total. The normalized spacial score (nSPS) is 21.9. The van der Waals surface area contributed by atoms with Crippen LogP contribution < -0.4 is 0 Å². The van der Waals surface area contributed by atoms with Crippen LogP contribution in [0.2, 0.25) is 0 Å². The van der Waals surface area contributed by atoms with E-state index in [9.17, 15) is 4.79 Å². The summed E-state index contributed by atoms with van der Waals surface area (Å²) < 4.78 is 11.8. The van der Waals surface area contributed by atoms with Gasteiger partial charge in [0.15, 0.2) is 0 Å². The summed E-state index contributed by atoms with van der Waals surface area (Å²) >= 11 is 3.37. The van der Waals surface area contributed by atoms with Crippen molar-refractivity contribution in [2.75, 3.05) is 13.2 Å². The van der Waals surface area contributed by atoms with E-state index in [4.69, 9.17) is 9.47 Å². The maximum absolute atomic E-state index is 11.8. The smallest absolute Gasteiger partial charge is 0.339 e. The van der Waals surface area contributed by atoms with E-state index in [2.05, 4.69) is 15.9 Å². The Hall–Kier alpha value is -0.870. The van der Waals surface area contributed by atoms with Crippen molar-refractivity contribution < 1.29 is 14.3 Å². The summed E-state index contributed by atoms with van der Waals surface area (Å²) in [6.45, 7) is 1.31. The molecule has 1 saturated heterocycles. The number of hydrogen-bond acceptors (Lipinski definition) is 3. The summed E-state index contributed by atoms with van der Waals surface area (Å²) in [5.41, 5.74) is 1.28. The predicted molar refractivity (Wildman–Crippen MR) is 61.3 cm³/mol. The molecule has 0 amide bonds. The molecule has 2 aliphatic heterocycles.